The van der Waals surface area contributed by atoms with Crippen LogP contribution in [0.4, 0.5) is 43.9 Å². The largest absolute Gasteiger partial charge is 0.507 e. The molecule has 6 aromatic rings. The van der Waals surface area contributed by atoms with Crippen LogP contribution in [0.15, 0.2) is 60.7 Å². The lowest BCUT2D eigenvalue weighted by Gasteiger charge is -2.20. The molecule has 0 atom stereocenters. The van der Waals surface area contributed by atoms with Gasteiger partial charge in [-0.25, -0.2) is 43.9 Å². The SMILES string of the molecule is Oc1c(-c2c(F)c(F)c(F)c(F)c2F)cc2ccccc2c1-c1c(O)c(-c2c(F)c(F)c(F)c(F)c2F)cc2ccccc12. The van der Waals surface area contributed by atoms with Crippen LogP contribution in [-0.2, 0) is 0 Å². The standard InChI is InChI=1S/C32H12F10O2/c33-21-19(22(34)26(38)29(41)25(21)37)15-9-11-5-1-3-7-13(11)17(31(15)43)18-14-8-4-2-6-12(14)10-16(32(18)44)20-23(35)27(39)30(42)28(40)24(20)36/h1-10,43-44H. The van der Waals surface area contributed by atoms with Crippen LogP contribution >= 0.6 is 0 Å². The summed E-state index contributed by atoms with van der Waals surface area (Å²) in [5.41, 5.74) is -5.91. The number of hydrogen-bond donors (Lipinski definition) is 2. The maximum Gasteiger partial charge on any atom is 0.200 e. The van der Waals surface area contributed by atoms with Crippen molar-refractivity contribution in [1.82, 2.24) is 0 Å². The number of phenols is 2. The van der Waals surface area contributed by atoms with E-state index in [1.807, 2.05) is 0 Å². The van der Waals surface area contributed by atoms with Crippen molar-refractivity contribution in [1.29, 1.82) is 0 Å². The molecule has 44 heavy (non-hydrogen) atoms. The third-order valence-corrected chi connectivity index (χ3v) is 7.25. The van der Waals surface area contributed by atoms with Crippen LogP contribution in [0.1, 0.15) is 0 Å². The van der Waals surface area contributed by atoms with Crippen molar-refractivity contribution in [2.24, 2.45) is 0 Å². The molecule has 0 aliphatic carbocycles. The molecule has 0 spiro atoms. The van der Waals surface area contributed by atoms with Crippen molar-refractivity contribution in [2.75, 3.05) is 0 Å². The van der Waals surface area contributed by atoms with E-state index in [-0.39, 0.29) is 21.5 Å². The summed E-state index contributed by atoms with van der Waals surface area (Å²) < 4.78 is 144. The summed E-state index contributed by atoms with van der Waals surface area (Å²) in [5, 5.41) is 23.0. The molecule has 0 amide bonds. The molecule has 0 unspecified atom stereocenters. The first-order valence-electron chi connectivity index (χ1n) is 12.4. The van der Waals surface area contributed by atoms with Crippen molar-refractivity contribution in [3.05, 3.63) is 119 Å². The van der Waals surface area contributed by atoms with E-state index in [4.69, 9.17) is 0 Å². The lowest BCUT2D eigenvalue weighted by Crippen LogP contribution is -2.05. The molecule has 0 aromatic heterocycles. The van der Waals surface area contributed by atoms with Gasteiger partial charge in [0.1, 0.15) is 11.5 Å². The highest BCUT2D eigenvalue weighted by Gasteiger charge is 2.33. The Bertz CT molecular complexity index is 2000. The molecule has 12 heteroatoms. The summed E-state index contributed by atoms with van der Waals surface area (Å²) in [6.45, 7) is 0. The molecule has 0 saturated carbocycles. The Hall–Kier alpha value is -5.26. The number of benzene rings is 6. The molecule has 6 rings (SSSR count). The van der Waals surface area contributed by atoms with Crippen LogP contribution in [0.25, 0.3) is 54.9 Å². The Balaban J connectivity index is 1.82. The van der Waals surface area contributed by atoms with Crippen LogP contribution in [0.3, 0.4) is 0 Å². The maximum absolute atomic E-state index is 15.0. The van der Waals surface area contributed by atoms with Crippen LogP contribution in [0, 0.1) is 58.2 Å². The highest BCUT2D eigenvalue weighted by atomic mass is 19.2. The third kappa shape index (κ3) is 3.97. The Morgan fingerprint density at radius 3 is 0.932 bits per heavy atom. The van der Waals surface area contributed by atoms with Gasteiger partial charge in [-0.2, -0.15) is 0 Å². The molecule has 6 aromatic carbocycles. The van der Waals surface area contributed by atoms with E-state index in [2.05, 4.69) is 0 Å². The number of phenolic OH excluding ortho intramolecular Hbond substituents is 2. The number of rotatable bonds is 3. The van der Waals surface area contributed by atoms with Crippen LogP contribution in [-0.4, -0.2) is 10.2 Å². The number of hydrogen-bond acceptors (Lipinski definition) is 2. The lowest BCUT2D eigenvalue weighted by molar-refractivity contribution is 0.380. The minimum absolute atomic E-state index is 0.00707. The molecule has 222 valence electrons. The first kappa shape index (κ1) is 28.8. The number of fused-ring (bicyclic) bond motifs is 2. The smallest absolute Gasteiger partial charge is 0.200 e. The van der Waals surface area contributed by atoms with E-state index >= 15 is 0 Å². The molecule has 0 heterocycles. The van der Waals surface area contributed by atoms with Gasteiger partial charge in [-0.05, 0) is 33.7 Å². The first-order valence-corrected chi connectivity index (χ1v) is 12.4. The van der Waals surface area contributed by atoms with Gasteiger partial charge in [-0.15, -0.1) is 0 Å². The molecule has 0 bridgehead atoms. The van der Waals surface area contributed by atoms with Crippen LogP contribution in [0.5, 0.6) is 11.5 Å². The molecular weight excluding hydrogens is 606 g/mol. The van der Waals surface area contributed by atoms with Crippen molar-refractivity contribution in [3.63, 3.8) is 0 Å². The molecule has 0 aliphatic heterocycles. The summed E-state index contributed by atoms with van der Waals surface area (Å²) in [5.74, 6) is -25.6. The molecule has 2 N–H and O–H groups in total. The zero-order valence-electron chi connectivity index (χ0n) is 21.4. The molecule has 0 saturated heterocycles. The van der Waals surface area contributed by atoms with Gasteiger partial charge in [-0.1, -0.05) is 48.5 Å². The van der Waals surface area contributed by atoms with E-state index in [9.17, 15) is 54.1 Å². The summed E-state index contributed by atoms with van der Waals surface area (Å²) in [7, 11) is 0. The van der Waals surface area contributed by atoms with Gasteiger partial charge in [-0.3, -0.25) is 0 Å². The van der Waals surface area contributed by atoms with E-state index in [1.54, 1.807) is 0 Å². The molecule has 0 fully saturated rings. The second-order valence-electron chi connectivity index (χ2n) is 9.63. The van der Waals surface area contributed by atoms with Crippen LogP contribution < -0.4 is 0 Å². The van der Waals surface area contributed by atoms with Crippen molar-refractivity contribution in [3.8, 4) is 44.9 Å². The second kappa shape index (κ2) is 10.2. The third-order valence-electron chi connectivity index (χ3n) is 7.25. The molecule has 0 aliphatic rings. The van der Waals surface area contributed by atoms with E-state index in [1.165, 1.54) is 48.5 Å². The Morgan fingerprint density at radius 2 is 0.614 bits per heavy atom. The highest BCUT2D eigenvalue weighted by Crippen LogP contribution is 2.52. The fraction of sp³-hybridized carbons (Fsp3) is 0. The zero-order chi connectivity index (χ0) is 31.8. The lowest BCUT2D eigenvalue weighted by atomic mass is 9.86. The van der Waals surface area contributed by atoms with Gasteiger partial charge < -0.3 is 10.2 Å². The minimum Gasteiger partial charge on any atom is -0.507 e. The summed E-state index contributed by atoms with van der Waals surface area (Å²) in [4.78, 5) is 0. The van der Waals surface area contributed by atoms with E-state index in [0.717, 1.165) is 12.1 Å². The Labute approximate surface area is 239 Å². The first-order chi connectivity index (χ1) is 20.9. The van der Waals surface area contributed by atoms with Gasteiger partial charge in [0, 0.05) is 22.3 Å². The van der Waals surface area contributed by atoms with Gasteiger partial charge in [0.25, 0.3) is 0 Å². The summed E-state index contributed by atoms with van der Waals surface area (Å²) >= 11 is 0. The minimum atomic E-state index is -2.46. The highest BCUT2D eigenvalue weighted by molar-refractivity contribution is 6.14. The monoisotopic (exact) mass is 618 g/mol. The molecule has 2 nitrogen and oxygen atoms in total. The average molecular weight is 618 g/mol. The van der Waals surface area contributed by atoms with Crippen molar-refractivity contribution in [2.45, 2.75) is 0 Å². The normalized spacial score (nSPS) is 11.6. The summed E-state index contributed by atoms with van der Waals surface area (Å²) in [6.07, 6.45) is 0. The van der Waals surface area contributed by atoms with Gasteiger partial charge >= 0.3 is 0 Å². The fourth-order valence-corrected chi connectivity index (χ4v) is 5.24. The predicted octanol–water partition coefficient (Wildman–Crippen LogP) is 9.80. The van der Waals surface area contributed by atoms with Crippen LogP contribution in [0.2, 0.25) is 0 Å². The second-order valence-corrected chi connectivity index (χ2v) is 9.63. The fourth-order valence-electron chi connectivity index (χ4n) is 5.24. The molecular formula is C32H12F10O2. The topological polar surface area (TPSA) is 40.5 Å². The van der Waals surface area contributed by atoms with Gasteiger partial charge in [0.2, 0.25) is 11.6 Å². The summed E-state index contributed by atoms with van der Waals surface area (Å²) in [6, 6.07) is 12.9. The van der Waals surface area contributed by atoms with Gasteiger partial charge in [0.15, 0.2) is 46.5 Å². The molecule has 0 radical (unpaired) electrons. The average Bonchev–Trinajstić information content (AvgIpc) is 3.02. The number of aromatic hydroxyl groups is 2. The van der Waals surface area contributed by atoms with E-state index < -0.39 is 103 Å². The Morgan fingerprint density at radius 1 is 0.341 bits per heavy atom. The maximum atomic E-state index is 15.0. The number of halogens is 10. The Kier molecular flexibility index (Phi) is 6.67. The zero-order valence-corrected chi connectivity index (χ0v) is 21.4. The van der Waals surface area contributed by atoms with Crippen molar-refractivity contribution < 1.29 is 54.1 Å². The van der Waals surface area contributed by atoms with Gasteiger partial charge in [0.05, 0.1) is 11.1 Å². The predicted molar refractivity (Wildman–Crippen MR) is 141 cm³/mol. The van der Waals surface area contributed by atoms with E-state index in [0.29, 0.717) is 0 Å². The quantitative estimate of drug-likeness (QED) is 0.118. The van der Waals surface area contributed by atoms with Crippen molar-refractivity contribution >= 4 is 21.5 Å².